The predicted octanol–water partition coefficient (Wildman–Crippen LogP) is 4.15. The number of likely N-dealkylation sites (N-methyl/N-ethyl adjacent to an activating group) is 1. The molecule has 0 bridgehead atoms. The summed E-state index contributed by atoms with van der Waals surface area (Å²) in [5.74, 6) is -1.22. The number of unbranched alkanes of at least 4 members (excludes halogenated alkanes) is 11. The van der Waals surface area contributed by atoms with Crippen molar-refractivity contribution < 1.29 is 28.3 Å². The fraction of sp³-hybridized carbons (Fsp3) is 0.952. The molecule has 174 valence electrons. The van der Waals surface area contributed by atoms with E-state index in [-0.39, 0.29) is 6.42 Å². The van der Waals surface area contributed by atoms with E-state index < -0.39 is 18.8 Å². The molecule has 0 heterocycles. The molecule has 0 aliphatic rings. The molecule has 0 aromatic rings. The van der Waals surface area contributed by atoms with E-state index in [4.69, 9.17) is 20.9 Å². The summed E-state index contributed by atoms with van der Waals surface area (Å²) < 4.78 is 11.3. The molecule has 0 spiro atoms. The van der Waals surface area contributed by atoms with E-state index in [9.17, 15) is 14.8 Å². The van der Waals surface area contributed by atoms with Crippen molar-refractivity contribution in [3.8, 4) is 0 Å². The minimum absolute atomic E-state index is 0.309. The second-order valence-electron chi connectivity index (χ2n) is 8.97. The number of carboxylic acid groups (broad SMARTS) is 1. The molecule has 1 N–H and O–H groups in total. The number of hydrogen-bond donors (Lipinski definition) is 1. The molecule has 0 aromatic carbocycles. The van der Waals surface area contributed by atoms with Crippen LogP contribution in [0.4, 0.5) is 0 Å². The van der Waals surface area contributed by atoms with Crippen LogP contribution < -0.4 is 5.11 Å². The summed E-state index contributed by atoms with van der Waals surface area (Å²) in [4.78, 5) is 21.2. The lowest BCUT2D eigenvalue weighted by Crippen LogP contribution is -2.44. The van der Waals surface area contributed by atoms with Gasteiger partial charge >= 0.3 is 6.72 Å². The Bertz CT molecular complexity index is 470. The molecule has 1 unspecified atom stereocenters. The van der Waals surface area contributed by atoms with E-state index in [1.165, 1.54) is 57.8 Å². The van der Waals surface area contributed by atoms with Crippen LogP contribution in [0.15, 0.2) is 0 Å². The molecule has 8 heteroatoms. The van der Waals surface area contributed by atoms with E-state index in [0.29, 0.717) is 17.6 Å². The minimum Gasteiger partial charge on any atom is -0.550 e. The van der Waals surface area contributed by atoms with Gasteiger partial charge in [0, 0.05) is 12.4 Å². The van der Waals surface area contributed by atoms with Crippen LogP contribution in [-0.4, -0.2) is 55.7 Å². The summed E-state index contributed by atoms with van der Waals surface area (Å²) >= 11 is 5.05. The van der Waals surface area contributed by atoms with Gasteiger partial charge in [0.25, 0.3) is 0 Å². The van der Waals surface area contributed by atoms with Gasteiger partial charge in [0.1, 0.15) is 12.6 Å². The topological polar surface area (TPSA) is 78.8 Å². The van der Waals surface area contributed by atoms with Crippen LogP contribution in [0.1, 0.15) is 90.4 Å². The molecule has 29 heavy (non-hydrogen) atoms. The standard InChI is InChI=1S/C21H44NO5PS/c1-5-6-7-8-9-10-11-12-13-14-15-16-17-26-28(25,29)27-20(18-21(23)24)19-22(2,3)4/h20H,5-19H2,1-4H3,(H-,23,24,25,29)/t20-,28?/m1/s1. The van der Waals surface area contributed by atoms with Gasteiger partial charge in [0.15, 0.2) is 0 Å². The van der Waals surface area contributed by atoms with Crippen molar-refractivity contribution in [2.75, 3.05) is 34.3 Å². The van der Waals surface area contributed by atoms with E-state index in [0.717, 1.165) is 19.3 Å². The highest BCUT2D eigenvalue weighted by Crippen LogP contribution is 2.45. The van der Waals surface area contributed by atoms with Gasteiger partial charge in [-0.05, 0) is 18.2 Å². The van der Waals surface area contributed by atoms with Crippen LogP contribution in [0.25, 0.3) is 0 Å². The monoisotopic (exact) mass is 453 g/mol. The Morgan fingerprint density at radius 2 is 1.41 bits per heavy atom. The number of quaternary nitrogens is 1. The Balaban J connectivity index is 3.82. The van der Waals surface area contributed by atoms with Crippen LogP contribution in [0.2, 0.25) is 0 Å². The number of carbonyl (C=O) groups excluding carboxylic acids is 1. The zero-order valence-electron chi connectivity index (χ0n) is 19.1. The highest BCUT2D eigenvalue weighted by molar-refractivity contribution is 8.07. The fourth-order valence-corrected chi connectivity index (χ4v) is 4.80. The fourth-order valence-electron chi connectivity index (χ4n) is 3.27. The third kappa shape index (κ3) is 21.0. The van der Waals surface area contributed by atoms with Crippen molar-refractivity contribution in [3.05, 3.63) is 0 Å². The maximum atomic E-state index is 10.9. The predicted molar refractivity (Wildman–Crippen MR) is 121 cm³/mol. The number of nitrogens with zero attached hydrogens (tertiary/aromatic N) is 1. The van der Waals surface area contributed by atoms with Crippen molar-refractivity contribution in [3.63, 3.8) is 0 Å². The number of rotatable bonds is 20. The lowest BCUT2D eigenvalue weighted by Gasteiger charge is -2.31. The number of carbonyl (C=O) groups is 1. The summed E-state index contributed by atoms with van der Waals surface area (Å²) in [6, 6.07) is 0. The molecule has 0 amide bonds. The number of hydrogen-bond acceptors (Lipinski definition) is 5. The first-order valence-corrected chi connectivity index (χ1v) is 13.8. The molecular weight excluding hydrogens is 409 g/mol. The Labute approximate surface area is 183 Å². The molecule has 0 saturated heterocycles. The average Bonchev–Trinajstić information content (AvgIpc) is 2.56. The Morgan fingerprint density at radius 3 is 1.83 bits per heavy atom. The van der Waals surface area contributed by atoms with Crippen molar-refractivity contribution in [2.45, 2.75) is 96.5 Å². The van der Waals surface area contributed by atoms with Crippen LogP contribution >= 0.6 is 6.72 Å². The zero-order chi connectivity index (χ0) is 22.2. The summed E-state index contributed by atoms with van der Waals surface area (Å²) in [5.41, 5.74) is 0. The third-order valence-corrected chi connectivity index (χ3v) is 6.33. The van der Waals surface area contributed by atoms with Gasteiger partial charge in [-0.15, -0.1) is 0 Å². The highest BCUT2D eigenvalue weighted by atomic mass is 32.5. The van der Waals surface area contributed by atoms with Crippen molar-refractivity contribution in [1.29, 1.82) is 0 Å². The van der Waals surface area contributed by atoms with Gasteiger partial charge in [0.2, 0.25) is 0 Å². The SMILES string of the molecule is CCCCCCCCCCCCCCOP(O)(=S)O[C@H](CC(=O)[O-])C[N+](C)(C)C. The molecule has 6 nitrogen and oxygen atoms in total. The molecule has 0 saturated carbocycles. The van der Waals surface area contributed by atoms with Crippen molar-refractivity contribution in [1.82, 2.24) is 0 Å². The van der Waals surface area contributed by atoms with Crippen molar-refractivity contribution >= 4 is 24.5 Å². The van der Waals surface area contributed by atoms with Gasteiger partial charge < -0.3 is 23.8 Å². The van der Waals surface area contributed by atoms with E-state index in [1.54, 1.807) is 0 Å². The second-order valence-corrected chi connectivity index (χ2v) is 11.8. The lowest BCUT2D eigenvalue weighted by atomic mass is 10.1. The maximum Gasteiger partial charge on any atom is 0.325 e. The molecular formula is C21H44NO5PS. The Hall–Kier alpha value is -0.0400. The smallest absolute Gasteiger partial charge is 0.325 e. The minimum atomic E-state index is -3.44. The van der Waals surface area contributed by atoms with Gasteiger partial charge in [0.05, 0.1) is 27.7 Å². The number of carboxylic acids is 1. The van der Waals surface area contributed by atoms with E-state index >= 15 is 0 Å². The van der Waals surface area contributed by atoms with E-state index in [1.807, 2.05) is 21.1 Å². The summed E-state index contributed by atoms with van der Waals surface area (Å²) in [6.45, 7) is -0.457. The van der Waals surface area contributed by atoms with Crippen LogP contribution in [-0.2, 0) is 25.6 Å². The maximum absolute atomic E-state index is 10.9. The van der Waals surface area contributed by atoms with Gasteiger partial charge in [-0.1, -0.05) is 77.6 Å². The highest BCUT2D eigenvalue weighted by Gasteiger charge is 2.26. The van der Waals surface area contributed by atoms with Crippen LogP contribution in [0.3, 0.4) is 0 Å². The third-order valence-electron chi connectivity index (χ3n) is 4.68. The Kier molecular flexibility index (Phi) is 16.6. The van der Waals surface area contributed by atoms with Gasteiger partial charge in [-0.25, -0.2) is 0 Å². The molecule has 2 atom stereocenters. The molecule has 0 aliphatic carbocycles. The lowest BCUT2D eigenvalue weighted by molar-refractivity contribution is -0.873. The summed E-state index contributed by atoms with van der Waals surface area (Å²) in [7, 11) is 5.75. The molecule has 0 rings (SSSR count). The van der Waals surface area contributed by atoms with E-state index in [2.05, 4.69) is 6.92 Å². The quantitative estimate of drug-likeness (QED) is 0.169. The molecule has 0 fully saturated rings. The van der Waals surface area contributed by atoms with Gasteiger partial charge in [-0.3, -0.25) is 4.52 Å². The number of aliphatic carboxylic acids is 1. The molecule has 0 aliphatic heterocycles. The van der Waals surface area contributed by atoms with Gasteiger partial charge in [-0.2, -0.15) is 0 Å². The molecule has 0 radical (unpaired) electrons. The first-order valence-electron chi connectivity index (χ1n) is 11.2. The first-order chi connectivity index (χ1) is 13.6. The normalized spacial score (nSPS) is 15.2. The largest absolute Gasteiger partial charge is 0.550 e. The zero-order valence-corrected chi connectivity index (χ0v) is 20.8. The van der Waals surface area contributed by atoms with Crippen molar-refractivity contribution in [2.24, 2.45) is 0 Å². The average molecular weight is 454 g/mol. The molecule has 0 aromatic heterocycles. The second kappa shape index (κ2) is 16.6. The van der Waals surface area contributed by atoms with Crippen LogP contribution in [0.5, 0.6) is 0 Å². The van der Waals surface area contributed by atoms with Crippen LogP contribution in [0, 0.1) is 0 Å². The first kappa shape index (κ1) is 29.0. The summed E-state index contributed by atoms with van der Waals surface area (Å²) in [6.07, 6.45) is 13.9. The summed E-state index contributed by atoms with van der Waals surface area (Å²) in [5, 5.41) is 10.9. The Morgan fingerprint density at radius 1 is 0.966 bits per heavy atom.